The number of nitrogens with zero attached hydrogens (tertiary/aromatic N) is 2. The summed E-state index contributed by atoms with van der Waals surface area (Å²) >= 11 is 3.40. The number of rotatable bonds is 2. The summed E-state index contributed by atoms with van der Waals surface area (Å²) in [4.78, 5) is 14.1. The van der Waals surface area contributed by atoms with Crippen molar-refractivity contribution in [3.05, 3.63) is 22.7 Å². The molecule has 1 aliphatic rings. The predicted octanol–water partition coefficient (Wildman–Crippen LogP) is 4.21. The van der Waals surface area contributed by atoms with E-state index in [4.69, 9.17) is 0 Å². The number of halogens is 4. The van der Waals surface area contributed by atoms with E-state index in [2.05, 4.69) is 27.8 Å². The lowest BCUT2D eigenvalue weighted by Crippen LogP contribution is -2.38. The molecule has 7 heteroatoms. The number of piperidine rings is 1. The van der Waals surface area contributed by atoms with Gasteiger partial charge in [-0.15, -0.1) is 0 Å². The smallest absolute Gasteiger partial charge is 0.371 e. The van der Waals surface area contributed by atoms with E-state index in [0.717, 1.165) is 38.7 Å². The SMILES string of the molecule is CC1CCN(c2ccc(N(C)C(=O)C(F)(F)F)cc2Br)CC1. The lowest BCUT2D eigenvalue weighted by atomic mass is 9.99. The Bertz CT molecular complexity index is 554. The maximum Gasteiger partial charge on any atom is 0.471 e. The standard InChI is InChI=1S/C15H18BrF3N2O/c1-10-5-7-21(8-6-10)13-4-3-11(9-12(13)16)20(2)14(22)15(17,18)19/h3-4,9-10H,5-8H2,1-2H3. The van der Waals surface area contributed by atoms with Gasteiger partial charge >= 0.3 is 12.1 Å². The average molecular weight is 379 g/mol. The molecule has 0 atom stereocenters. The fourth-order valence-electron chi connectivity index (χ4n) is 2.52. The number of amides is 1. The molecule has 0 unspecified atom stereocenters. The quantitative estimate of drug-likeness (QED) is 0.769. The van der Waals surface area contributed by atoms with Crippen molar-refractivity contribution in [2.75, 3.05) is 29.9 Å². The molecule has 0 aromatic heterocycles. The Morgan fingerprint density at radius 2 is 1.91 bits per heavy atom. The normalized spacial score (nSPS) is 16.7. The molecule has 3 nitrogen and oxygen atoms in total. The molecule has 122 valence electrons. The summed E-state index contributed by atoms with van der Waals surface area (Å²) in [6.07, 6.45) is -2.68. The fraction of sp³-hybridized carbons (Fsp3) is 0.533. The molecule has 0 saturated carbocycles. The Morgan fingerprint density at radius 3 is 2.41 bits per heavy atom. The summed E-state index contributed by atoms with van der Waals surface area (Å²) < 4.78 is 38.1. The first-order valence-electron chi connectivity index (χ1n) is 7.09. The minimum Gasteiger partial charge on any atom is -0.371 e. The van der Waals surface area contributed by atoms with Gasteiger partial charge in [0, 0.05) is 30.3 Å². The molecule has 0 aliphatic carbocycles. The molecule has 1 fully saturated rings. The fourth-order valence-corrected chi connectivity index (χ4v) is 3.14. The second kappa shape index (κ2) is 6.48. The summed E-state index contributed by atoms with van der Waals surface area (Å²) in [5.41, 5.74) is 1.16. The van der Waals surface area contributed by atoms with Crippen molar-refractivity contribution in [1.29, 1.82) is 0 Å². The zero-order valence-electron chi connectivity index (χ0n) is 12.5. The number of anilines is 2. The van der Waals surface area contributed by atoms with E-state index in [0.29, 0.717) is 15.3 Å². The highest BCUT2D eigenvalue weighted by Crippen LogP contribution is 2.33. The molecular weight excluding hydrogens is 361 g/mol. The van der Waals surface area contributed by atoms with E-state index >= 15 is 0 Å². The lowest BCUT2D eigenvalue weighted by Gasteiger charge is -2.33. The van der Waals surface area contributed by atoms with Gasteiger partial charge in [0.1, 0.15) is 0 Å². The highest BCUT2D eigenvalue weighted by molar-refractivity contribution is 9.10. The molecule has 1 heterocycles. The number of hydrogen-bond acceptors (Lipinski definition) is 2. The Hall–Kier alpha value is -1.24. The van der Waals surface area contributed by atoms with Gasteiger partial charge in [0.05, 0.1) is 5.69 Å². The van der Waals surface area contributed by atoms with Crippen molar-refractivity contribution >= 4 is 33.2 Å². The Balaban J connectivity index is 2.18. The topological polar surface area (TPSA) is 23.6 Å². The number of hydrogen-bond donors (Lipinski definition) is 0. The number of alkyl halides is 3. The van der Waals surface area contributed by atoms with Crippen molar-refractivity contribution < 1.29 is 18.0 Å². The summed E-state index contributed by atoms with van der Waals surface area (Å²) in [5.74, 6) is -1.18. The molecule has 2 rings (SSSR count). The lowest BCUT2D eigenvalue weighted by molar-refractivity contribution is -0.170. The van der Waals surface area contributed by atoms with E-state index < -0.39 is 12.1 Å². The van der Waals surface area contributed by atoms with Crippen molar-refractivity contribution in [3.8, 4) is 0 Å². The van der Waals surface area contributed by atoms with E-state index in [-0.39, 0.29) is 5.69 Å². The Kier molecular flexibility index (Phi) is 5.04. The van der Waals surface area contributed by atoms with Gasteiger partial charge in [-0.1, -0.05) is 6.92 Å². The first kappa shape index (κ1) is 17.1. The molecule has 1 saturated heterocycles. The van der Waals surface area contributed by atoms with Crippen molar-refractivity contribution in [2.24, 2.45) is 5.92 Å². The van der Waals surface area contributed by atoms with Gasteiger partial charge in [-0.25, -0.2) is 0 Å². The van der Waals surface area contributed by atoms with Crippen molar-refractivity contribution in [3.63, 3.8) is 0 Å². The maximum atomic E-state index is 12.5. The van der Waals surface area contributed by atoms with Gasteiger partial charge in [-0.3, -0.25) is 4.79 Å². The average Bonchev–Trinajstić information content (AvgIpc) is 2.46. The van der Waals surface area contributed by atoms with E-state index in [9.17, 15) is 18.0 Å². The van der Waals surface area contributed by atoms with Gasteiger partial charge in [0.15, 0.2) is 0 Å². The summed E-state index contributed by atoms with van der Waals surface area (Å²) in [6.45, 7) is 4.07. The summed E-state index contributed by atoms with van der Waals surface area (Å²) in [6, 6.07) is 4.86. The van der Waals surface area contributed by atoms with Crippen LogP contribution in [0.4, 0.5) is 24.5 Å². The highest BCUT2D eigenvalue weighted by atomic mass is 79.9. The third kappa shape index (κ3) is 3.74. The monoisotopic (exact) mass is 378 g/mol. The number of benzene rings is 1. The van der Waals surface area contributed by atoms with Crippen LogP contribution in [0.2, 0.25) is 0 Å². The van der Waals surface area contributed by atoms with Crippen LogP contribution < -0.4 is 9.80 Å². The number of carbonyl (C=O) groups excluding carboxylic acids is 1. The number of carbonyl (C=O) groups is 1. The van der Waals surface area contributed by atoms with Crippen LogP contribution in [0.25, 0.3) is 0 Å². The van der Waals surface area contributed by atoms with E-state index in [1.165, 1.54) is 0 Å². The van der Waals surface area contributed by atoms with Crippen LogP contribution in [0.15, 0.2) is 22.7 Å². The summed E-state index contributed by atoms with van der Waals surface area (Å²) in [5, 5.41) is 0. The third-order valence-corrected chi connectivity index (χ3v) is 4.63. The summed E-state index contributed by atoms with van der Waals surface area (Å²) in [7, 11) is 1.12. The second-order valence-electron chi connectivity index (χ2n) is 5.67. The van der Waals surface area contributed by atoms with Crippen LogP contribution in [0, 0.1) is 5.92 Å². The van der Waals surface area contributed by atoms with Gasteiger partial charge in [0.2, 0.25) is 0 Å². The molecule has 1 aliphatic heterocycles. The zero-order chi connectivity index (χ0) is 16.5. The molecule has 22 heavy (non-hydrogen) atoms. The van der Waals surface area contributed by atoms with Gasteiger partial charge in [-0.2, -0.15) is 13.2 Å². The third-order valence-electron chi connectivity index (χ3n) is 3.99. The molecular formula is C15H18BrF3N2O. The van der Waals surface area contributed by atoms with Crippen LogP contribution in [0.1, 0.15) is 19.8 Å². The molecule has 0 radical (unpaired) electrons. The van der Waals surface area contributed by atoms with Crippen molar-refractivity contribution in [2.45, 2.75) is 25.9 Å². The predicted molar refractivity (Wildman–Crippen MR) is 84.2 cm³/mol. The van der Waals surface area contributed by atoms with Crippen LogP contribution in [-0.4, -0.2) is 32.2 Å². The molecule has 0 bridgehead atoms. The van der Waals surface area contributed by atoms with Crippen molar-refractivity contribution in [1.82, 2.24) is 0 Å². The minimum absolute atomic E-state index is 0.211. The Labute approximate surface area is 136 Å². The molecule has 0 N–H and O–H groups in total. The highest BCUT2D eigenvalue weighted by Gasteiger charge is 2.41. The second-order valence-corrected chi connectivity index (χ2v) is 6.52. The molecule has 1 aromatic carbocycles. The first-order chi connectivity index (χ1) is 10.2. The largest absolute Gasteiger partial charge is 0.471 e. The Morgan fingerprint density at radius 1 is 1.32 bits per heavy atom. The van der Waals surface area contributed by atoms with Gasteiger partial charge < -0.3 is 9.80 Å². The van der Waals surface area contributed by atoms with Crippen LogP contribution in [-0.2, 0) is 4.79 Å². The van der Waals surface area contributed by atoms with E-state index in [1.54, 1.807) is 18.2 Å². The van der Waals surface area contributed by atoms with Gasteiger partial charge in [-0.05, 0) is 52.9 Å². The first-order valence-corrected chi connectivity index (χ1v) is 7.89. The van der Waals surface area contributed by atoms with Crippen LogP contribution >= 0.6 is 15.9 Å². The van der Waals surface area contributed by atoms with Gasteiger partial charge in [0.25, 0.3) is 0 Å². The van der Waals surface area contributed by atoms with Crippen LogP contribution in [0.5, 0.6) is 0 Å². The maximum absolute atomic E-state index is 12.5. The van der Waals surface area contributed by atoms with E-state index in [1.807, 2.05) is 0 Å². The molecule has 1 aromatic rings. The molecule has 0 spiro atoms. The minimum atomic E-state index is -4.87. The van der Waals surface area contributed by atoms with Crippen LogP contribution in [0.3, 0.4) is 0 Å². The zero-order valence-corrected chi connectivity index (χ0v) is 14.0. The molecule has 1 amide bonds.